The van der Waals surface area contributed by atoms with Crippen LogP contribution in [0.25, 0.3) is 0 Å². The zero-order chi connectivity index (χ0) is 20.8. The molecule has 7 heteroatoms. The SMILES string of the molecule is CNc1ccc(NS(=O)(=O)c2ccc(C)cc2)c2c1C(=O)c1ccccc1C2=O. The Morgan fingerprint density at radius 3 is 1.79 bits per heavy atom. The number of aryl methyl sites for hydroxylation is 1. The fraction of sp³-hybridized carbons (Fsp3) is 0.0909. The van der Waals surface area contributed by atoms with E-state index in [1.165, 1.54) is 18.2 Å². The highest BCUT2D eigenvalue weighted by Crippen LogP contribution is 2.37. The lowest BCUT2D eigenvalue weighted by molar-refractivity contribution is 0.0980. The normalized spacial score (nSPS) is 12.9. The first-order valence-electron chi connectivity index (χ1n) is 8.96. The molecular weight excluding hydrogens is 388 g/mol. The molecule has 0 aliphatic heterocycles. The van der Waals surface area contributed by atoms with Gasteiger partial charge in [0.1, 0.15) is 0 Å². The molecule has 2 N–H and O–H groups in total. The number of hydrogen-bond acceptors (Lipinski definition) is 5. The van der Waals surface area contributed by atoms with Crippen molar-refractivity contribution in [3.63, 3.8) is 0 Å². The fourth-order valence-electron chi connectivity index (χ4n) is 3.44. The van der Waals surface area contributed by atoms with Gasteiger partial charge in [0.2, 0.25) is 0 Å². The Morgan fingerprint density at radius 2 is 1.24 bits per heavy atom. The van der Waals surface area contributed by atoms with Gasteiger partial charge in [0.25, 0.3) is 10.0 Å². The fourth-order valence-corrected chi connectivity index (χ4v) is 4.51. The Labute approximate surface area is 168 Å². The molecule has 0 saturated carbocycles. The number of carbonyl (C=O) groups is 2. The summed E-state index contributed by atoms with van der Waals surface area (Å²) in [6.07, 6.45) is 0. The molecule has 3 aromatic rings. The topological polar surface area (TPSA) is 92.3 Å². The van der Waals surface area contributed by atoms with Gasteiger partial charge < -0.3 is 5.32 Å². The predicted octanol–water partition coefficient (Wildman–Crippen LogP) is 3.61. The van der Waals surface area contributed by atoms with Crippen LogP contribution in [0.15, 0.2) is 65.6 Å². The van der Waals surface area contributed by atoms with E-state index in [2.05, 4.69) is 10.0 Å². The lowest BCUT2D eigenvalue weighted by Gasteiger charge is -2.23. The lowest BCUT2D eigenvalue weighted by atomic mass is 9.82. The Hall–Kier alpha value is -3.45. The molecule has 1 aliphatic carbocycles. The molecule has 0 bridgehead atoms. The van der Waals surface area contributed by atoms with Crippen molar-refractivity contribution in [2.24, 2.45) is 0 Å². The largest absolute Gasteiger partial charge is 0.388 e. The molecule has 0 fully saturated rings. The van der Waals surface area contributed by atoms with Crippen molar-refractivity contribution in [2.75, 3.05) is 17.1 Å². The third kappa shape index (κ3) is 3.09. The third-order valence-electron chi connectivity index (χ3n) is 4.92. The summed E-state index contributed by atoms with van der Waals surface area (Å²) >= 11 is 0. The zero-order valence-corrected chi connectivity index (χ0v) is 16.6. The van der Waals surface area contributed by atoms with Crippen molar-refractivity contribution in [3.8, 4) is 0 Å². The van der Waals surface area contributed by atoms with E-state index in [1.54, 1.807) is 49.5 Å². The molecule has 0 heterocycles. The molecule has 4 rings (SSSR count). The highest BCUT2D eigenvalue weighted by molar-refractivity contribution is 7.92. The maximum absolute atomic E-state index is 13.2. The van der Waals surface area contributed by atoms with Crippen LogP contribution in [0.5, 0.6) is 0 Å². The van der Waals surface area contributed by atoms with Crippen LogP contribution >= 0.6 is 0 Å². The van der Waals surface area contributed by atoms with Crippen molar-refractivity contribution < 1.29 is 18.0 Å². The van der Waals surface area contributed by atoms with Gasteiger partial charge in [-0.1, -0.05) is 42.0 Å². The van der Waals surface area contributed by atoms with Gasteiger partial charge in [0.15, 0.2) is 11.6 Å². The molecular formula is C22H18N2O4S. The Bertz CT molecular complexity index is 1260. The van der Waals surface area contributed by atoms with E-state index in [1.807, 2.05) is 6.92 Å². The minimum Gasteiger partial charge on any atom is -0.388 e. The molecule has 0 unspecified atom stereocenters. The monoisotopic (exact) mass is 406 g/mol. The molecule has 29 heavy (non-hydrogen) atoms. The van der Waals surface area contributed by atoms with E-state index in [9.17, 15) is 18.0 Å². The Balaban J connectivity index is 1.88. The summed E-state index contributed by atoms with van der Waals surface area (Å²) in [5.74, 6) is -0.718. The smallest absolute Gasteiger partial charge is 0.261 e. The first-order chi connectivity index (χ1) is 13.8. The summed E-state index contributed by atoms with van der Waals surface area (Å²) < 4.78 is 28.2. The van der Waals surface area contributed by atoms with Crippen LogP contribution in [0, 0.1) is 6.92 Å². The van der Waals surface area contributed by atoms with Crippen LogP contribution in [0.4, 0.5) is 11.4 Å². The zero-order valence-electron chi connectivity index (χ0n) is 15.8. The number of carbonyl (C=O) groups excluding carboxylic acids is 2. The number of ketones is 2. The molecule has 0 atom stereocenters. The van der Waals surface area contributed by atoms with Crippen molar-refractivity contribution in [2.45, 2.75) is 11.8 Å². The van der Waals surface area contributed by atoms with Crippen LogP contribution in [0.1, 0.15) is 37.4 Å². The second-order valence-electron chi connectivity index (χ2n) is 6.78. The first-order valence-corrected chi connectivity index (χ1v) is 10.4. The summed E-state index contributed by atoms with van der Waals surface area (Å²) in [6.45, 7) is 1.86. The predicted molar refractivity (Wildman–Crippen MR) is 111 cm³/mol. The summed E-state index contributed by atoms with van der Waals surface area (Å²) in [7, 11) is -2.29. The average molecular weight is 406 g/mol. The quantitative estimate of drug-likeness (QED) is 0.540. The number of rotatable bonds is 4. The number of sulfonamides is 1. The van der Waals surface area contributed by atoms with Gasteiger partial charge in [-0.05, 0) is 31.2 Å². The maximum Gasteiger partial charge on any atom is 0.261 e. The van der Waals surface area contributed by atoms with E-state index in [0.717, 1.165) is 5.56 Å². The van der Waals surface area contributed by atoms with Crippen LogP contribution < -0.4 is 10.0 Å². The first kappa shape index (κ1) is 18.9. The van der Waals surface area contributed by atoms with E-state index in [0.29, 0.717) is 11.3 Å². The van der Waals surface area contributed by atoms with Gasteiger partial charge in [0.05, 0.1) is 21.7 Å². The lowest BCUT2D eigenvalue weighted by Crippen LogP contribution is -2.25. The molecule has 6 nitrogen and oxygen atoms in total. The van der Waals surface area contributed by atoms with Gasteiger partial charge in [-0.3, -0.25) is 14.3 Å². The minimum atomic E-state index is -3.94. The molecule has 146 valence electrons. The van der Waals surface area contributed by atoms with Crippen LogP contribution in [-0.2, 0) is 10.0 Å². The molecule has 1 aliphatic rings. The van der Waals surface area contributed by atoms with E-state index < -0.39 is 15.8 Å². The van der Waals surface area contributed by atoms with Crippen LogP contribution in [0.2, 0.25) is 0 Å². The summed E-state index contributed by atoms with van der Waals surface area (Å²) in [5, 5.41) is 2.91. The van der Waals surface area contributed by atoms with E-state index >= 15 is 0 Å². The number of benzene rings is 3. The standard InChI is InChI=1S/C22H18N2O4S/c1-13-7-9-14(10-8-13)29(27,28)24-18-12-11-17(23-2)19-20(18)22(26)16-6-4-3-5-15(16)21(19)25/h3-12,23-24H,1-2H3. The van der Waals surface area contributed by atoms with Gasteiger partial charge in [-0.2, -0.15) is 0 Å². The van der Waals surface area contributed by atoms with E-state index in [-0.39, 0.29) is 33.1 Å². The number of fused-ring (bicyclic) bond motifs is 2. The molecule has 0 saturated heterocycles. The van der Waals surface area contributed by atoms with Gasteiger partial charge in [-0.15, -0.1) is 0 Å². The van der Waals surface area contributed by atoms with Crippen LogP contribution in [-0.4, -0.2) is 27.0 Å². The number of nitrogens with one attached hydrogen (secondary N) is 2. The summed E-state index contributed by atoms with van der Waals surface area (Å²) in [4.78, 5) is 26.4. The summed E-state index contributed by atoms with van der Waals surface area (Å²) in [6, 6.07) is 16.0. The van der Waals surface area contributed by atoms with Gasteiger partial charge in [-0.25, -0.2) is 8.42 Å². The van der Waals surface area contributed by atoms with Gasteiger partial charge >= 0.3 is 0 Å². The molecule has 3 aromatic carbocycles. The second-order valence-corrected chi connectivity index (χ2v) is 8.47. The second kappa shape index (κ2) is 6.86. The van der Waals surface area contributed by atoms with Crippen molar-refractivity contribution >= 4 is 33.0 Å². The van der Waals surface area contributed by atoms with Crippen molar-refractivity contribution in [3.05, 3.63) is 88.5 Å². The maximum atomic E-state index is 13.2. The Morgan fingerprint density at radius 1 is 0.724 bits per heavy atom. The highest BCUT2D eigenvalue weighted by Gasteiger charge is 2.34. The third-order valence-corrected chi connectivity index (χ3v) is 6.30. The van der Waals surface area contributed by atoms with Crippen LogP contribution in [0.3, 0.4) is 0 Å². The summed E-state index contributed by atoms with van der Waals surface area (Å²) in [5.41, 5.74) is 2.25. The number of anilines is 2. The molecule has 0 radical (unpaired) electrons. The van der Waals surface area contributed by atoms with E-state index in [4.69, 9.17) is 0 Å². The average Bonchev–Trinajstić information content (AvgIpc) is 2.72. The highest BCUT2D eigenvalue weighted by atomic mass is 32.2. The Kier molecular flexibility index (Phi) is 4.47. The van der Waals surface area contributed by atoms with Crippen molar-refractivity contribution in [1.29, 1.82) is 0 Å². The van der Waals surface area contributed by atoms with Crippen molar-refractivity contribution in [1.82, 2.24) is 0 Å². The minimum absolute atomic E-state index is 0.0521. The molecule has 0 aromatic heterocycles. The number of hydrogen-bond donors (Lipinski definition) is 2. The molecule has 0 spiro atoms. The molecule has 0 amide bonds. The van der Waals surface area contributed by atoms with Gasteiger partial charge in [0, 0.05) is 23.9 Å².